The number of rotatable bonds is 8. The second-order valence-corrected chi connectivity index (χ2v) is 6.75. The monoisotopic (exact) mass is 355 g/mol. The van der Waals surface area contributed by atoms with Gasteiger partial charge in [0.25, 0.3) is 0 Å². The first-order valence-electron chi connectivity index (χ1n) is 6.32. The molecule has 22 heavy (non-hydrogen) atoms. The fourth-order valence-electron chi connectivity index (χ4n) is 1.57. The quantitative estimate of drug-likeness (QED) is 0.441. The second-order valence-electron chi connectivity index (χ2n) is 4.10. The van der Waals surface area contributed by atoms with Crippen LogP contribution in [-0.4, -0.2) is 35.4 Å². The molecule has 0 radical (unpaired) electrons. The van der Waals surface area contributed by atoms with Crippen molar-refractivity contribution < 1.29 is 9.53 Å². The molecule has 1 aromatic carbocycles. The number of anilines is 1. The fraction of sp³-hybridized carbons (Fsp3) is 0.214. The van der Waals surface area contributed by atoms with Gasteiger partial charge in [-0.1, -0.05) is 40.8 Å². The van der Waals surface area contributed by atoms with E-state index in [1.165, 1.54) is 18.4 Å². The topological polar surface area (TPSA) is 64.1 Å². The number of halogens is 1. The van der Waals surface area contributed by atoms with E-state index in [2.05, 4.69) is 22.1 Å². The van der Waals surface area contributed by atoms with Gasteiger partial charge in [-0.15, -0.1) is 16.8 Å². The van der Waals surface area contributed by atoms with Gasteiger partial charge in [-0.25, -0.2) is 0 Å². The summed E-state index contributed by atoms with van der Waals surface area (Å²) in [6, 6.07) is 4.95. The average molecular weight is 356 g/mol. The number of ketones is 1. The van der Waals surface area contributed by atoms with Crippen molar-refractivity contribution in [2.24, 2.45) is 0 Å². The number of hydrogen-bond acceptors (Lipinski definition) is 7. The Hall–Kier alpha value is -1.57. The molecule has 0 bridgehead atoms. The van der Waals surface area contributed by atoms with E-state index in [-0.39, 0.29) is 12.3 Å². The molecule has 0 aliphatic rings. The van der Waals surface area contributed by atoms with Gasteiger partial charge in [0.15, 0.2) is 10.1 Å². The maximum absolute atomic E-state index is 12.1. The molecule has 0 spiro atoms. The molecule has 0 aliphatic heterocycles. The molecule has 0 amide bonds. The molecule has 8 heteroatoms. The van der Waals surface area contributed by atoms with E-state index in [9.17, 15) is 4.79 Å². The minimum absolute atomic E-state index is 0.0833. The Kier molecular flexibility index (Phi) is 6.23. The smallest absolute Gasteiger partial charge is 0.206 e. The largest absolute Gasteiger partial charge is 0.495 e. The number of methoxy groups -OCH3 is 1. The number of nitrogens with zero attached hydrogens (tertiary/aromatic N) is 2. The van der Waals surface area contributed by atoms with E-state index < -0.39 is 0 Å². The van der Waals surface area contributed by atoms with Crippen LogP contribution in [0.4, 0.5) is 5.13 Å². The van der Waals surface area contributed by atoms with Crippen LogP contribution in [0.2, 0.25) is 5.02 Å². The van der Waals surface area contributed by atoms with E-state index in [1.54, 1.807) is 36.0 Å². The molecule has 1 aromatic heterocycles. The Labute approximate surface area is 141 Å². The third-order valence-electron chi connectivity index (χ3n) is 2.61. The van der Waals surface area contributed by atoms with Crippen molar-refractivity contribution in [3.63, 3.8) is 0 Å². The molecule has 0 saturated heterocycles. The summed E-state index contributed by atoms with van der Waals surface area (Å²) in [7, 11) is 1.53. The summed E-state index contributed by atoms with van der Waals surface area (Å²) in [6.45, 7) is 3.78. The van der Waals surface area contributed by atoms with Gasteiger partial charge in [0.2, 0.25) is 5.13 Å². The molecule has 2 aromatic rings. The normalized spacial score (nSPS) is 10.3. The van der Waals surface area contributed by atoms with Crippen molar-refractivity contribution in [3.8, 4) is 5.75 Å². The summed E-state index contributed by atoms with van der Waals surface area (Å²) in [5, 5.41) is 12.0. The number of aromatic nitrogens is 2. The first-order chi connectivity index (χ1) is 10.6. The molecule has 0 unspecified atom stereocenters. The zero-order valence-corrected chi connectivity index (χ0v) is 14.2. The number of nitrogens with one attached hydrogen (secondary N) is 1. The molecule has 116 valence electrons. The van der Waals surface area contributed by atoms with Crippen molar-refractivity contribution in [1.29, 1.82) is 0 Å². The van der Waals surface area contributed by atoms with Crippen LogP contribution in [0.15, 0.2) is 35.2 Å². The van der Waals surface area contributed by atoms with Crippen molar-refractivity contribution >= 4 is 45.6 Å². The van der Waals surface area contributed by atoms with Crippen LogP contribution in [0.1, 0.15) is 10.4 Å². The highest BCUT2D eigenvalue weighted by molar-refractivity contribution is 8.01. The maximum atomic E-state index is 12.1. The molecule has 0 saturated carbocycles. The third kappa shape index (κ3) is 4.46. The lowest BCUT2D eigenvalue weighted by atomic mass is 10.1. The van der Waals surface area contributed by atoms with Gasteiger partial charge in [0.05, 0.1) is 18.7 Å². The minimum Gasteiger partial charge on any atom is -0.495 e. The second kappa shape index (κ2) is 8.17. The van der Waals surface area contributed by atoms with E-state index >= 15 is 0 Å². The molecular formula is C14H14ClN3O2S2. The summed E-state index contributed by atoms with van der Waals surface area (Å²) in [5.41, 5.74) is 0.518. The fourth-order valence-corrected chi connectivity index (χ4v) is 3.33. The highest BCUT2D eigenvalue weighted by Crippen LogP contribution is 2.26. The van der Waals surface area contributed by atoms with Gasteiger partial charge in [-0.2, -0.15) is 0 Å². The number of benzene rings is 1. The summed E-state index contributed by atoms with van der Waals surface area (Å²) in [6.07, 6.45) is 1.80. The lowest BCUT2D eigenvalue weighted by Crippen LogP contribution is -2.13. The van der Waals surface area contributed by atoms with Gasteiger partial charge >= 0.3 is 0 Å². The molecule has 1 heterocycles. The zero-order chi connectivity index (χ0) is 15.9. The van der Waals surface area contributed by atoms with Crippen LogP contribution in [0.5, 0.6) is 5.75 Å². The average Bonchev–Trinajstić information content (AvgIpc) is 2.98. The molecule has 2 rings (SSSR count). The Morgan fingerprint density at radius 3 is 3.05 bits per heavy atom. The summed E-state index contributed by atoms with van der Waals surface area (Å²) < 4.78 is 5.89. The Morgan fingerprint density at radius 1 is 1.55 bits per heavy atom. The van der Waals surface area contributed by atoms with Crippen molar-refractivity contribution in [1.82, 2.24) is 10.2 Å². The van der Waals surface area contributed by atoms with Crippen LogP contribution in [0.3, 0.4) is 0 Å². The highest BCUT2D eigenvalue weighted by atomic mass is 35.5. The molecule has 5 nitrogen and oxygen atoms in total. The van der Waals surface area contributed by atoms with Gasteiger partial charge in [0, 0.05) is 11.3 Å². The van der Waals surface area contributed by atoms with Gasteiger partial charge in [-0.3, -0.25) is 4.79 Å². The maximum Gasteiger partial charge on any atom is 0.206 e. The predicted octanol–water partition coefficient (Wildman–Crippen LogP) is 3.77. The lowest BCUT2D eigenvalue weighted by molar-refractivity contribution is 0.101. The lowest BCUT2D eigenvalue weighted by Gasteiger charge is -2.05. The first-order valence-corrected chi connectivity index (χ1v) is 8.50. The standard InChI is InChI=1S/C14H14ClN3O2S2/c1-3-6-21-14-18-17-13(22-14)16-8-11(19)9-4-5-12(20-2)10(15)7-9/h3-5,7H,1,6,8H2,2H3,(H,16,17). The van der Waals surface area contributed by atoms with Crippen LogP contribution in [0.25, 0.3) is 0 Å². The van der Waals surface area contributed by atoms with Crippen LogP contribution < -0.4 is 10.1 Å². The van der Waals surface area contributed by atoms with Gasteiger partial charge < -0.3 is 10.1 Å². The van der Waals surface area contributed by atoms with Gasteiger partial charge in [-0.05, 0) is 18.2 Å². The van der Waals surface area contributed by atoms with Crippen molar-refractivity contribution in [3.05, 3.63) is 41.4 Å². The number of thioether (sulfide) groups is 1. The van der Waals surface area contributed by atoms with E-state index in [1.807, 2.05) is 0 Å². The van der Waals surface area contributed by atoms with Crippen molar-refractivity contribution in [2.45, 2.75) is 4.34 Å². The summed E-state index contributed by atoms with van der Waals surface area (Å²) in [5.74, 6) is 1.23. The number of carbonyl (C=O) groups is 1. The molecular weight excluding hydrogens is 342 g/mol. The molecule has 0 aliphatic carbocycles. The van der Waals surface area contributed by atoms with Crippen molar-refractivity contribution in [2.75, 3.05) is 24.7 Å². The number of Topliss-reactive ketones (excluding diaryl/α,β-unsaturated/α-hetero) is 1. The molecule has 0 fully saturated rings. The minimum atomic E-state index is -0.0833. The Balaban J connectivity index is 1.93. The Bertz CT molecular complexity index is 676. The predicted molar refractivity (Wildman–Crippen MR) is 91.7 cm³/mol. The van der Waals surface area contributed by atoms with Crippen LogP contribution in [-0.2, 0) is 0 Å². The van der Waals surface area contributed by atoms with E-state index in [4.69, 9.17) is 16.3 Å². The van der Waals surface area contributed by atoms with E-state index in [0.29, 0.717) is 21.5 Å². The molecule has 1 N–H and O–H groups in total. The first kappa shape index (κ1) is 16.8. The number of carbonyl (C=O) groups excluding carboxylic acids is 1. The number of ether oxygens (including phenoxy) is 1. The van der Waals surface area contributed by atoms with Gasteiger partial charge in [0.1, 0.15) is 5.75 Å². The summed E-state index contributed by atoms with van der Waals surface area (Å²) in [4.78, 5) is 12.1. The Morgan fingerprint density at radius 2 is 2.36 bits per heavy atom. The van der Waals surface area contributed by atoms with Crippen LogP contribution in [0, 0.1) is 0 Å². The highest BCUT2D eigenvalue weighted by Gasteiger charge is 2.11. The number of hydrogen-bond donors (Lipinski definition) is 1. The molecule has 0 atom stereocenters. The summed E-state index contributed by atoms with van der Waals surface area (Å²) >= 11 is 8.97. The van der Waals surface area contributed by atoms with Crippen LogP contribution >= 0.6 is 34.7 Å². The zero-order valence-electron chi connectivity index (χ0n) is 11.8. The third-order valence-corrected chi connectivity index (χ3v) is 4.91. The van der Waals surface area contributed by atoms with E-state index in [0.717, 1.165) is 10.1 Å². The SMILES string of the molecule is C=CCSc1nnc(NCC(=O)c2ccc(OC)c(Cl)c2)s1.